The van der Waals surface area contributed by atoms with Gasteiger partial charge in [-0.1, -0.05) is 6.92 Å². The molecule has 2 rings (SSSR count). The molecule has 1 heterocycles. The summed E-state index contributed by atoms with van der Waals surface area (Å²) in [4.78, 5) is 14.6. The summed E-state index contributed by atoms with van der Waals surface area (Å²) in [7, 11) is 0. The molecule has 0 amide bonds. The quantitative estimate of drug-likeness (QED) is 0.808. The Morgan fingerprint density at radius 2 is 2.53 bits per heavy atom. The third-order valence-corrected chi connectivity index (χ3v) is 3.53. The number of nitrogens with zero attached hydrogens (tertiary/aromatic N) is 1. The van der Waals surface area contributed by atoms with Crippen LogP contribution in [0.4, 0.5) is 5.13 Å². The van der Waals surface area contributed by atoms with E-state index in [-0.39, 0.29) is 5.69 Å². The highest BCUT2D eigenvalue weighted by Gasteiger charge is 2.27. The number of carbonyl (C=O) groups is 1. The second-order valence-corrected chi connectivity index (χ2v) is 4.90. The Hall–Kier alpha value is -1.10. The van der Waals surface area contributed by atoms with Crippen LogP contribution in [0.2, 0.25) is 0 Å². The molecule has 1 fully saturated rings. The highest BCUT2D eigenvalue weighted by molar-refractivity contribution is 7.13. The van der Waals surface area contributed by atoms with Crippen LogP contribution in [0.3, 0.4) is 0 Å². The summed E-state index contributed by atoms with van der Waals surface area (Å²) >= 11 is 1.35. The minimum absolute atomic E-state index is 0.126. The van der Waals surface area contributed by atoms with Crippen molar-refractivity contribution in [1.82, 2.24) is 4.98 Å². The Morgan fingerprint density at radius 3 is 3.07 bits per heavy atom. The monoisotopic (exact) mass is 226 g/mol. The molecule has 0 aliphatic heterocycles. The average Bonchev–Trinajstić information content (AvgIpc) is 2.93. The first kappa shape index (κ1) is 10.4. The second-order valence-electron chi connectivity index (χ2n) is 4.04. The third kappa shape index (κ3) is 2.68. The van der Waals surface area contributed by atoms with Crippen molar-refractivity contribution in [3.63, 3.8) is 0 Å². The maximum atomic E-state index is 10.6. The average molecular weight is 226 g/mol. The van der Waals surface area contributed by atoms with Gasteiger partial charge in [0.15, 0.2) is 10.8 Å². The van der Waals surface area contributed by atoms with Gasteiger partial charge in [-0.05, 0) is 24.7 Å². The zero-order valence-corrected chi connectivity index (χ0v) is 9.38. The summed E-state index contributed by atoms with van der Waals surface area (Å²) in [5, 5.41) is 14.1. The van der Waals surface area contributed by atoms with Gasteiger partial charge in [0.25, 0.3) is 0 Å². The van der Waals surface area contributed by atoms with Crippen LogP contribution in [0.1, 0.15) is 30.3 Å². The van der Waals surface area contributed by atoms with Gasteiger partial charge >= 0.3 is 5.97 Å². The molecule has 1 saturated carbocycles. The van der Waals surface area contributed by atoms with Crippen molar-refractivity contribution in [3.8, 4) is 0 Å². The predicted molar refractivity (Wildman–Crippen MR) is 59.5 cm³/mol. The van der Waals surface area contributed by atoms with Crippen molar-refractivity contribution >= 4 is 22.4 Å². The SMILES string of the molecule is CC(CNc1nc(C(=O)O)cs1)C1CC1. The normalized spacial score (nSPS) is 17.4. The van der Waals surface area contributed by atoms with Gasteiger partial charge in [-0.15, -0.1) is 11.3 Å². The molecule has 0 saturated heterocycles. The fourth-order valence-electron chi connectivity index (χ4n) is 1.53. The molecular weight excluding hydrogens is 212 g/mol. The molecule has 2 N–H and O–H groups in total. The maximum Gasteiger partial charge on any atom is 0.355 e. The van der Waals surface area contributed by atoms with Gasteiger partial charge in [-0.2, -0.15) is 0 Å². The van der Waals surface area contributed by atoms with Crippen molar-refractivity contribution in [3.05, 3.63) is 11.1 Å². The molecule has 1 aromatic heterocycles. The molecular formula is C10H14N2O2S. The molecule has 15 heavy (non-hydrogen) atoms. The van der Waals surface area contributed by atoms with E-state index in [1.54, 1.807) is 5.38 Å². The molecule has 0 radical (unpaired) electrons. The van der Waals surface area contributed by atoms with Gasteiger partial charge in [0.1, 0.15) is 0 Å². The Balaban J connectivity index is 1.84. The first-order valence-electron chi connectivity index (χ1n) is 5.09. The van der Waals surface area contributed by atoms with Crippen LogP contribution >= 0.6 is 11.3 Å². The summed E-state index contributed by atoms with van der Waals surface area (Å²) in [6.07, 6.45) is 2.67. The van der Waals surface area contributed by atoms with Crippen molar-refractivity contribution < 1.29 is 9.90 Å². The van der Waals surface area contributed by atoms with E-state index in [0.717, 1.165) is 12.5 Å². The lowest BCUT2D eigenvalue weighted by molar-refractivity contribution is 0.0691. The minimum atomic E-state index is -0.963. The second kappa shape index (κ2) is 4.18. The molecule has 1 aliphatic carbocycles. The van der Waals surface area contributed by atoms with E-state index in [9.17, 15) is 4.79 Å². The number of thiazole rings is 1. The smallest absolute Gasteiger partial charge is 0.355 e. The molecule has 82 valence electrons. The lowest BCUT2D eigenvalue weighted by Gasteiger charge is -2.09. The van der Waals surface area contributed by atoms with Crippen molar-refractivity contribution in [2.75, 3.05) is 11.9 Å². The molecule has 1 unspecified atom stereocenters. The van der Waals surface area contributed by atoms with Crippen LogP contribution in [0, 0.1) is 11.8 Å². The molecule has 0 aromatic carbocycles. The van der Waals surface area contributed by atoms with Crippen LogP contribution in [0.5, 0.6) is 0 Å². The van der Waals surface area contributed by atoms with Gasteiger partial charge in [0.2, 0.25) is 0 Å². The van der Waals surface area contributed by atoms with Gasteiger partial charge in [-0.25, -0.2) is 9.78 Å². The number of nitrogens with one attached hydrogen (secondary N) is 1. The van der Waals surface area contributed by atoms with Crippen molar-refractivity contribution in [2.24, 2.45) is 11.8 Å². The van der Waals surface area contributed by atoms with E-state index >= 15 is 0 Å². The van der Waals surface area contributed by atoms with Gasteiger partial charge < -0.3 is 10.4 Å². The molecule has 0 bridgehead atoms. The number of aromatic nitrogens is 1. The first-order chi connectivity index (χ1) is 7.16. The summed E-state index contributed by atoms with van der Waals surface area (Å²) < 4.78 is 0. The van der Waals surface area contributed by atoms with Crippen molar-refractivity contribution in [1.29, 1.82) is 0 Å². The van der Waals surface area contributed by atoms with Crippen molar-refractivity contribution in [2.45, 2.75) is 19.8 Å². The molecule has 0 spiro atoms. The zero-order chi connectivity index (χ0) is 10.8. The minimum Gasteiger partial charge on any atom is -0.476 e. The predicted octanol–water partition coefficient (Wildman–Crippen LogP) is 2.30. The lowest BCUT2D eigenvalue weighted by atomic mass is 10.1. The Kier molecular flexibility index (Phi) is 2.90. The number of aromatic carboxylic acids is 1. The number of carboxylic acid groups (broad SMARTS) is 1. The fourth-order valence-corrected chi connectivity index (χ4v) is 2.23. The molecule has 1 aromatic rings. The van der Waals surface area contributed by atoms with Crippen LogP contribution in [0.25, 0.3) is 0 Å². The van der Waals surface area contributed by atoms with Crippen LogP contribution < -0.4 is 5.32 Å². The largest absolute Gasteiger partial charge is 0.476 e. The first-order valence-corrected chi connectivity index (χ1v) is 5.97. The highest BCUT2D eigenvalue weighted by Crippen LogP contribution is 2.36. The van der Waals surface area contributed by atoms with Gasteiger partial charge in [-0.3, -0.25) is 0 Å². The Labute approximate surface area is 92.3 Å². The third-order valence-electron chi connectivity index (χ3n) is 2.73. The highest BCUT2D eigenvalue weighted by atomic mass is 32.1. The number of hydrogen-bond donors (Lipinski definition) is 2. The summed E-state index contributed by atoms with van der Waals surface area (Å²) in [6.45, 7) is 3.10. The number of carboxylic acids is 1. The molecule has 4 nitrogen and oxygen atoms in total. The van der Waals surface area contributed by atoms with E-state index in [4.69, 9.17) is 5.11 Å². The lowest BCUT2D eigenvalue weighted by Crippen LogP contribution is -2.12. The van der Waals surface area contributed by atoms with E-state index in [1.807, 2.05) is 0 Å². The van der Waals surface area contributed by atoms with Crippen LogP contribution in [0.15, 0.2) is 5.38 Å². The number of rotatable bonds is 5. The topological polar surface area (TPSA) is 62.2 Å². The fraction of sp³-hybridized carbons (Fsp3) is 0.600. The van der Waals surface area contributed by atoms with Gasteiger partial charge in [0.05, 0.1) is 0 Å². The number of anilines is 1. The molecule has 5 heteroatoms. The summed E-state index contributed by atoms with van der Waals surface area (Å²) in [5.74, 6) is 0.549. The summed E-state index contributed by atoms with van der Waals surface area (Å²) in [5.41, 5.74) is 0.126. The standard InChI is InChI=1S/C10H14N2O2S/c1-6(7-2-3-7)4-11-10-12-8(5-15-10)9(13)14/h5-7H,2-4H2,1H3,(H,11,12)(H,13,14). The molecule has 1 aliphatic rings. The van der Waals surface area contributed by atoms with Crippen LogP contribution in [-0.2, 0) is 0 Å². The van der Waals surface area contributed by atoms with E-state index in [2.05, 4.69) is 17.2 Å². The van der Waals surface area contributed by atoms with Crippen LogP contribution in [-0.4, -0.2) is 22.6 Å². The van der Waals surface area contributed by atoms with E-state index in [0.29, 0.717) is 11.0 Å². The Morgan fingerprint density at radius 1 is 1.80 bits per heavy atom. The van der Waals surface area contributed by atoms with Gasteiger partial charge in [0, 0.05) is 11.9 Å². The Bertz CT molecular complexity index is 360. The summed E-state index contributed by atoms with van der Waals surface area (Å²) in [6, 6.07) is 0. The maximum absolute atomic E-state index is 10.6. The molecule has 1 atom stereocenters. The zero-order valence-electron chi connectivity index (χ0n) is 8.56. The van der Waals surface area contributed by atoms with E-state index in [1.165, 1.54) is 24.2 Å². The number of hydrogen-bond acceptors (Lipinski definition) is 4. The van der Waals surface area contributed by atoms with E-state index < -0.39 is 5.97 Å².